The summed E-state index contributed by atoms with van der Waals surface area (Å²) in [5, 5.41) is 2.98. The topological polar surface area (TPSA) is 75.7 Å². The molecule has 0 bridgehead atoms. The lowest BCUT2D eigenvalue weighted by Gasteiger charge is -2.29. The van der Waals surface area contributed by atoms with E-state index < -0.39 is 10.1 Å². The molecule has 1 atom stereocenters. The zero-order valence-electron chi connectivity index (χ0n) is 16.8. The summed E-state index contributed by atoms with van der Waals surface area (Å²) in [4.78, 5) is 14.7. The summed E-state index contributed by atoms with van der Waals surface area (Å²) in [6, 6.07) is 14.4. The van der Waals surface area contributed by atoms with Crippen molar-refractivity contribution < 1.29 is 17.4 Å². The Bertz CT molecular complexity index is 895. The minimum atomic E-state index is -3.56. The number of aryl methyl sites for hydroxylation is 1. The molecular weight excluding hydrogens is 376 g/mol. The second kappa shape index (κ2) is 9.59. The zero-order chi connectivity index (χ0) is 20.7. The van der Waals surface area contributed by atoms with E-state index in [0.29, 0.717) is 6.54 Å². The number of nitrogens with one attached hydrogen (secondary N) is 1. The maximum absolute atomic E-state index is 12.9. The molecule has 0 spiro atoms. The fourth-order valence-electron chi connectivity index (χ4n) is 2.73. The molecule has 28 heavy (non-hydrogen) atoms. The third kappa shape index (κ3) is 6.56. The van der Waals surface area contributed by atoms with Crippen LogP contribution in [0.3, 0.4) is 0 Å². The average Bonchev–Trinajstić information content (AvgIpc) is 2.65. The smallest absolute Gasteiger partial charge is 0.322 e. The molecule has 0 heterocycles. The molecule has 6 nitrogen and oxygen atoms in total. The van der Waals surface area contributed by atoms with Crippen LogP contribution in [0.25, 0.3) is 0 Å². The van der Waals surface area contributed by atoms with Crippen molar-refractivity contribution in [2.75, 3.05) is 11.6 Å². The molecular formula is C21H28N2O4S. The predicted molar refractivity (Wildman–Crippen MR) is 112 cm³/mol. The molecule has 0 aliphatic heterocycles. The number of rotatable bonds is 8. The zero-order valence-corrected chi connectivity index (χ0v) is 17.6. The third-order valence-electron chi connectivity index (χ3n) is 4.49. The quantitative estimate of drug-likeness (QED) is 0.661. The van der Waals surface area contributed by atoms with Gasteiger partial charge in [0, 0.05) is 18.3 Å². The Morgan fingerprint density at radius 2 is 1.79 bits per heavy atom. The van der Waals surface area contributed by atoms with Crippen LogP contribution in [0.4, 0.5) is 10.5 Å². The van der Waals surface area contributed by atoms with E-state index in [9.17, 15) is 13.2 Å². The van der Waals surface area contributed by atoms with Crippen LogP contribution < -0.4 is 9.50 Å². The second-order valence-electron chi connectivity index (χ2n) is 6.80. The molecule has 2 aromatic rings. The number of benzene rings is 2. The highest BCUT2D eigenvalue weighted by atomic mass is 32.2. The van der Waals surface area contributed by atoms with Crippen LogP contribution in [0, 0.1) is 0 Å². The minimum Gasteiger partial charge on any atom is -0.383 e. The number of urea groups is 1. The van der Waals surface area contributed by atoms with E-state index >= 15 is 0 Å². The van der Waals surface area contributed by atoms with Gasteiger partial charge in [-0.1, -0.05) is 38.1 Å². The van der Waals surface area contributed by atoms with Gasteiger partial charge in [0.15, 0.2) is 0 Å². The van der Waals surface area contributed by atoms with Crippen LogP contribution in [-0.2, 0) is 23.1 Å². The Hall–Kier alpha value is -2.54. The van der Waals surface area contributed by atoms with Gasteiger partial charge in [-0.25, -0.2) is 4.79 Å². The number of hydrogen-bond donors (Lipinski definition) is 1. The molecule has 0 aliphatic carbocycles. The van der Waals surface area contributed by atoms with E-state index in [-0.39, 0.29) is 17.8 Å². The van der Waals surface area contributed by atoms with Crippen LogP contribution in [0.2, 0.25) is 0 Å². The van der Waals surface area contributed by atoms with Gasteiger partial charge in [0.25, 0.3) is 0 Å². The van der Waals surface area contributed by atoms with Crippen LogP contribution in [-0.4, -0.2) is 31.6 Å². The summed E-state index contributed by atoms with van der Waals surface area (Å²) in [7, 11) is -3.56. The lowest BCUT2D eigenvalue weighted by Crippen LogP contribution is -2.40. The van der Waals surface area contributed by atoms with Gasteiger partial charge in [-0.05, 0) is 55.2 Å². The van der Waals surface area contributed by atoms with Crippen molar-refractivity contribution in [1.29, 1.82) is 0 Å². The largest absolute Gasteiger partial charge is 0.383 e. The highest BCUT2D eigenvalue weighted by molar-refractivity contribution is 7.86. The molecule has 0 aromatic heterocycles. The first kappa shape index (κ1) is 21.8. The average molecular weight is 405 g/mol. The Balaban J connectivity index is 2.13. The number of anilines is 1. The molecule has 0 aliphatic rings. The normalized spacial score (nSPS) is 12.3. The van der Waals surface area contributed by atoms with E-state index in [1.807, 2.05) is 38.1 Å². The van der Waals surface area contributed by atoms with E-state index in [1.165, 1.54) is 0 Å². The molecule has 1 N–H and O–H groups in total. The summed E-state index contributed by atoms with van der Waals surface area (Å²) < 4.78 is 27.3. The number of amides is 2. The summed E-state index contributed by atoms with van der Waals surface area (Å²) >= 11 is 0. The maximum atomic E-state index is 12.9. The maximum Gasteiger partial charge on any atom is 0.322 e. The van der Waals surface area contributed by atoms with E-state index in [1.54, 1.807) is 29.2 Å². The van der Waals surface area contributed by atoms with Gasteiger partial charge in [-0.3, -0.25) is 0 Å². The summed E-state index contributed by atoms with van der Waals surface area (Å²) in [6.45, 7) is 6.52. The van der Waals surface area contributed by atoms with Gasteiger partial charge >= 0.3 is 16.1 Å². The number of carbonyl (C=O) groups is 1. The Morgan fingerprint density at radius 3 is 2.36 bits per heavy atom. The predicted octanol–water partition coefficient (Wildman–Crippen LogP) is 4.42. The number of nitrogens with zero attached hydrogens (tertiary/aromatic N) is 1. The first-order valence-corrected chi connectivity index (χ1v) is 11.2. The molecule has 0 fully saturated rings. The van der Waals surface area contributed by atoms with Gasteiger partial charge in [0.05, 0.1) is 6.26 Å². The highest BCUT2D eigenvalue weighted by Crippen LogP contribution is 2.19. The molecule has 0 saturated heterocycles. The van der Waals surface area contributed by atoms with Gasteiger partial charge < -0.3 is 14.4 Å². The summed E-state index contributed by atoms with van der Waals surface area (Å²) in [5.41, 5.74) is 2.82. The van der Waals surface area contributed by atoms with Crippen LogP contribution in [0.1, 0.15) is 38.3 Å². The highest BCUT2D eigenvalue weighted by Gasteiger charge is 2.19. The summed E-state index contributed by atoms with van der Waals surface area (Å²) in [6.07, 6.45) is 2.72. The number of hydrogen-bond acceptors (Lipinski definition) is 4. The molecule has 0 unspecified atom stereocenters. The van der Waals surface area contributed by atoms with Gasteiger partial charge in [-0.2, -0.15) is 8.42 Å². The van der Waals surface area contributed by atoms with E-state index in [4.69, 9.17) is 4.18 Å². The SMILES string of the molecule is CCc1cccc(NC(=O)N(Cc2ccc(OS(C)(=O)=O)cc2)[C@H](C)CC)c1. The third-order valence-corrected chi connectivity index (χ3v) is 4.99. The second-order valence-corrected chi connectivity index (χ2v) is 8.38. The lowest BCUT2D eigenvalue weighted by molar-refractivity contribution is 0.187. The molecule has 7 heteroatoms. The van der Waals surface area contributed by atoms with Gasteiger partial charge in [0.1, 0.15) is 5.75 Å². The molecule has 2 rings (SSSR count). The Morgan fingerprint density at radius 1 is 1.11 bits per heavy atom. The van der Waals surface area contributed by atoms with Crippen molar-refractivity contribution in [3.63, 3.8) is 0 Å². The molecule has 2 amide bonds. The summed E-state index contributed by atoms with van der Waals surface area (Å²) in [5.74, 6) is 0.252. The Kier molecular flexibility index (Phi) is 7.45. The standard InChI is InChI=1S/C21H28N2O4S/c1-5-16(3)23(21(24)22-19-9-7-8-17(6-2)14-19)15-18-10-12-20(13-11-18)27-28(4,25)26/h7-14,16H,5-6,15H2,1-4H3,(H,22,24)/t16-/m1/s1. The molecule has 0 radical (unpaired) electrons. The van der Waals surface area contributed by atoms with Crippen molar-refractivity contribution >= 4 is 21.8 Å². The molecule has 0 saturated carbocycles. The van der Waals surface area contributed by atoms with E-state index in [2.05, 4.69) is 12.2 Å². The first-order valence-electron chi connectivity index (χ1n) is 9.36. The van der Waals surface area contributed by atoms with Crippen LogP contribution in [0.5, 0.6) is 5.75 Å². The number of carbonyl (C=O) groups excluding carboxylic acids is 1. The fraction of sp³-hybridized carbons (Fsp3) is 0.381. The fourth-order valence-corrected chi connectivity index (χ4v) is 3.20. The van der Waals surface area contributed by atoms with Gasteiger partial charge in [-0.15, -0.1) is 0 Å². The Labute approximate surface area is 167 Å². The van der Waals surface area contributed by atoms with Crippen molar-refractivity contribution in [3.8, 4) is 5.75 Å². The van der Waals surface area contributed by atoms with Crippen molar-refractivity contribution in [3.05, 3.63) is 59.7 Å². The van der Waals surface area contributed by atoms with Gasteiger partial charge in [0.2, 0.25) is 0 Å². The monoisotopic (exact) mass is 404 g/mol. The van der Waals surface area contributed by atoms with Crippen molar-refractivity contribution in [2.45, 2.75) is 46.2 Å². The van der Waals surface area contributed by atoms with Crippen molar-refractivity contribution in [1.82, 2.24) is 4.90 Å². The van der Waals surface area contributed by atoms with Crippen molar-refractivity contribution in [2.24, 2.45) is 0 Å². The van der Waals surface area contributed by atoms with Crippen LogP contribution >= 0.6 is 0 Å². The minimum absolute atomic E-state index is 0.0429. The molecule has 152 valence electrons. The van der Waals surface area contributed by atoms with E-state index in [0.717, 1.165) is 35.9 Å². The lowest BCUT2D eigenvalue weighted by atomic mass is 10.1. The molecule has 2 aromatic carbocycles. The first-order chi connectivity index (χ1) is 13.2. The van der Waals surface area contributed by atoms with Crippen LogP contribution in [0.15, 0.2) is 48.5 Å².